The Bertz CT molecular complexity index is 304. The topological polar surface area (TPSA) is 55.8 Å². The Hall–Kier alpha value is -1.55. The van der Waals surface area contributed by atoms with Gasteiger partial charge in [0, 0.05) is 7.11 Å². The first-order valence-electron chi connectivity index (χ1n) is 4.08. The van der Waals surface area contributed by atoms with E-state index in [0.29, 0.717) is 11.3 Å². The van der Waals surface area contributed by atoms with Gasteiger partial charge in [0.1, 0.15) is 5.75 Å². The van der Waals surface area contributed by atoms with E-state index < -0.39 is 12.1 Å². The monoisotopic (exact) mass is 196 g/mol. The number of hydrogen-bond donors (Lipinski definition) is 1. The van der Waals surface area contributed by atoms with Crippen LogP contribution in [0.3, 0.4) is 0 Å². The van der Waals surface area contributed by atoms with Gasteiger partial charge in [-0.2, -0.15) is 0 Å². The smallest absolute Gasteiger partial charge is 0.337 e. The van der Waals surface area contributed by atoms with Crippen LogP contribution in [0.15, 0.2) is 24.3 Å². The van der Waals surface area contributed by atoms with Crippen molar-refractivity contribution in [1.29, 1.82) is 0 Å². The molecule has 0 aliphatic rings. The number of carbonyl (C=O) groups is 1. The Labute approximate surface area is 82.1 Å². The number of carboxylic acid groups (broad SMARTS) is 1. The first kappa shape index (κ1) is 10.5. The lowest BCUT2D eigenvalue weighted by Crippen LogP contribution is -2.13. The van der Waals surface area contributed by atoms with Crippen molar-refractivity contribution >= 4 is 5.97 Å². The first-order valence-corrected chi connectivity index (χ1v) is 4.08. The van der Waals surface area contributed by atoms with Crippen LogP contribution in [0.5, 0.6) is 5.75 Å². The highest BCUT2D eigenvalue weighted by atomic mass is 16.5. The zero-order valence-corrected chi connectivity index (χ0v) is 8.06. The van der Waals surface area contributed by atoms with Crippen molar-refractivity contribution in [2.75, 3.05) is 14.2 Å². The second kappa shape index (κ2) is 4.62. The molecule has 0 aliphatic carbocycles. The van der Waals surface area contributed by atoms with Crippen molar-refractivity contribution in [2.45, 2.75) is 6.10 Å². The van der Waals surface area contributed by atoms with Gasteiger partial charge in [-0.25, -0.2) is 4.79 Å². The number of carboxylic acids is 1. The maximum Gasteiger partial charge on any atom is 0.337 e. The van der Waals surface area contributed by atoms with E-state index in [0.717, 1.165) is 0 Å². The number of methoxy groups -OCH3 is 2. The molecule has 0 heterocycles. The predicted octanol–water partition coefficient (Wildman–Crippen LogP) is 1.47. The summed E-state index contributed by atoms with van der Waals surface area (Å²) in [4.78, 5) is 10.7. The lowest BCUT2D eigenvalue weighted by atomic mass is 10.1. The summed E-state index contributed by atoms with van der Waals surface area (Å²) in [6.07, 6.45) is -0.916. The Kier molecular flexibility index (Phi) is 3.48. The summed E-state index contributed by atoms with van der Waals surface area (Å²) in [5, 5.41) is 8.80. The van der Waals surface area contributed by atoms with Crippen molar-refractivity contribution in [3.05, 3.63) is 29.8 Å². The van der Waals surface area contributed by atoms with Crippen LogP contribution in [-0.2, 0) is 9.53 Å². The van der Waals surface area contributed by atoms with Gasteiger partial charge in [-0.3, -0.25) is 0 Å². The van der Waals surface area contributed by atoms with E-state index in [1.54, 1.807) is 31.4 Å². The van der Waals surface area contributed by atoms with Gasteiger partial charge in [0.25, 0.3) is 0 Å². The molecule has 0 saturated carbocycles. The fourth-order valence-corrected chi connectivity index (χ4v) is 1.16. The van der Waals surface area contributed by atoms with Gasteiger partial charge in [0.15, 0.2) is 6.10 Å². The lowest BCUT2D eigenvalue weighted by Gasteiger charge is -2.10. The molecule has 4 nitrogen and oxygen atoms in total. The molecule has 76 valence electrons. The Balaban J connectivity index is 2.89. The minimum Gasteiger partial charge on any atom is -0.497 e. The third kappa shape index (κ3) is 2.23. The van der Waals surface area contributed by atoms with Crippen LogP contribution < -0.4 is 4.74 Å². The van der Waals surface area contributed by atoms with Crippen LogP contribution in [0.1, 0.15) is 11.7 Å². The molecule has 1 aromatic rings. The van der Waals surface area contributed by atoms with Crippen molar-refractivity contribution in [1.82, 2.24) is 0 Å². The lowest BCUT2D eigenvalue weighted by molar-refractivity contribution is -0.148. The quantitative estimate of drug-likeness (QED) is 0.792. The molecule has 1 aromatic carbocycles. The van der Waals surface area contributed by atoms with Gasteiger partial charge in [-0.05, 0) is 17.7 Å². The highest BCUT2D eigenvalue weighted by Gasteiger charge is 2.18. The average molecular weight is 196 g/mol. The van der Waals surface area contributed by atoms with E-state index in [1.165, 1.54) is 7.11 Å². The van der Waals surface area contributed by atoms with Gasteiger partial charge >= 0.3 is 5.97 Å². The molecular weight excluding hydrogens is 184 g/mol. The second-order valence-corrected chi connectivity index (χ2v) is 2.73. The standard InChI is InChI=1S/C10H12O4/c1-13-8-5-3-7(4-6-8)9(14-2)10(11)12/h3-6,9H,1-2H3,(H,11,12)/t9-/m0/s1. The largest absolute Gasteiger partial charge is 0.497 e. The molecule has 1 rings (SSSR count). The summed E-state index contributed by atoms with van der Waals surface area (Å²) in [7, 11) is 2.92. The van der Waals surface area contributed by atoms with Crippen LogP contribution in [0.25, 0.3) is 0 Å². The number of ether oxygens (including phenoxy) is 2. The fraction of sp³-hybridized carbons (Fsp3) is 0.300. The third-order valence-corrected chi connectivity index (χ3v) is 1.88. The molecule has 1 atom stereocenters. The molecule has 0 radical (unpaired) electrons. The summed E-state index contributed by atoms with van der Waals surface area (Å²) < 4.78 is 9.79. The maximum atomic E-state index is 10.7. The minimum absolute atomic E-state index is 0.598. The van der Waals surface area contributed by atoms with E-state index in [1.807, 2.05) is 0 Å². The number of aliphatic carboxylic acids is 1. The van der Waals surface area contributed by atoms with E-state index >= 15 is 0 Å². The number of benzene rings is 1. The maximum absolute atomic E-state index is 10.7. The van der Waals surface area contributed by atoms with Crippen LogP contribution in [0.4, 0.5) is 0 Å². The van der Waals surface area contributed by atoms with Gasteiger partial charge in [0.2, 0.25) is 0 Å². The van der Waals surface area contributed by atoms with Crippen LogP contribution in [0.2, 0.25) is 0 Å². The number of rotatable bonds is 4. The van der Waals surface area contributed by atoms with Gasteiger partial charge < -0.3 is 14.6 Å². The zero-order chi connectivity index (χ0) is 10.6. The van der Waals surface area contributed by atoms with Crippen LogP contribution in [0, 0.1) is 0 Å². The van der Waals surface area contributed by atoms with Crippen molar-refractivity contribution < 1.29 is 19.4 Å². The molecule has 0 aliphatic heterocycles. The van der Waals surface area contributed by atoms with Gasteiger partial charge in [-0.15, -0.1) is 0 Å². The molecule has 14 heavy (non-hydrogen) atoms. The molecule has 0 unspecified atom stereocenters. The zero-order valence-electron chi connectivity index (χ0n) is 8.06. The van der Waals surface area contributed by atoms with Crippen molar-refractivity contribution in [2.24, 2.45) is 0 Å². The Morgan fingerprint density at radius 1 is 1.29 bits per heavy atom. The van der Waals surface area contributed by atoms with Crippen molar-refractivity contribution in [3.63, 3.8) is 0 Å². The van der Waals surface area contributed by atoms with E-state index in [9.17, 15) is 4.79 Å². The minimum atomic E-state index is -1.00. The van der Waals surface area contributed by atoms with E-state index in [4.69, 9.17) is 14.6 Å². The highest BCUT2D eigenvalue weighted by Crippen LogP contribution is 2.19. The van der Waals surface area contributed by atoms with E-state index in [2.05, 4.69) is 0 Å². The molecule has 0 spiro atoms. The second-order valence-electron chi connectivity index (χ2n) is 2.73. The summed E-state index contributed by atoms with van der Waals surface area (Å²) >= 11 is 0. The average Bonchev–Trinajstić information content (AvgIpc) is 2.19. The van der Waals surface area contributed by atoms with E-state index in [-0.39, 0.29) is 0 Å². The Morgan fingerprint density at radius 2 is 1.86 bits per heavy atom. The normalized spacial score (nSPS) is 12.1. The molecule has 0 saturated heterocycles. The van der Waals surface area contributed by atoms with Crippen LogP contribution >= 0.6 is 0 Å². The Morgan fingerprint density at radius 3 is 2.21 bits per heavy atom. The SMILES string of the molecule is COc1ccc([C@H](OC)C(=O)O)cc1. The van der Waals surface area contributed by atoms with Gasteiger partial charge in [0.05, 0.1) is 7.11 Å². The summed E-state index contributed by atoms with van der Waals surface area (Å²) in [5.74, 6) is -0.313. The molecule has 0 bridgehead atoms. The highest BCUT2D eigenvalue weighted by molar-refractivity contribution is 5.74. The first-order chi connectivity index (χ1) is 6.69. The molecule has 0 aromatic heterocycles. The summed E-state index contributed by atoms with van der Waals surface area (Å²) in [5.41, 5.74) is 0.598. The fourth-order valence-electron chi connectivity index (χ4n) is 1.16. The molecule has 0 fully saturated rings. The summed E-state index contributed by atoms with van der Waals surface area (Å²) in [6, 6.07) is 6.73. The molecule has 0 amide bonds. The molecular formula is C10H12O4. The number of hydrogen-bond acceptors (Lipinski definition) is 3. The van der Waals surface area contributed by atoms with Crippen LogP contribution in [-0.4, -0.2) is 25.3 Å². The third-order valence-electron chi connectivity index (χ3n) is 1.88. The molecule has 4 heteroatoms. The predicted molar refractivity (Wildman–Crippen MR) is 50.4 cm³/mol. The van der Waals surface area contributed by atoms with Gasteiger partial charge in [-0.1, -0.05) is 12.1 Å². The van der Waals surface area contributed by atoms with Crippen molar-refractivity contribution in [3.8, 4) is 5.75 Å². The molecule has 1 N–H and O–H groups in total. The summed E-state index contributed by atoms with van der Waals surface area (Å²) in [6.45, 7) is 0.